The molecule has 0 aromatic carbocycles. The van der Waals surface area contributed by atoms with Gasteiger partial charge in [0, 0.05) is 19.7 Å². The number of nitrogens with two attached hydrogens (primary N) is 1. The minimum atomic E-state index is -0.353. The number of amides is 1. The minimum Gasteiger partial charge on any atom is -0.396 e. The molecule has 0 radical (unpaired) electrons. The third-order valence-electron chi connectivity index (χ3n) is 3.19. The first kappa shape index (κ1) is 14.4. The molecule has 1 fully saturated rings. The number of carbonyl (C=O) groups excluding carboxylic acids is 1. The zero-order chi connectivity index (χ0) is 12.9. The van der Waals surface area contributed by atoms with Gasteiger partial charge in [-0.1, -0.05) is 13.8 Å². The predicted octanol–water partition coefficient (Wildman–Crippen LogP) is 0.0175. The zero-order valence-electron chi connectivity index (χ0n) is 10.7. The smallest absolute Gasteiger partial charge is 0.249 e. The quantitative estimate of drug-likeness (QED) is 0.615. The van der Waals surface area contributed by atoms with Gasteiger partial charge in [-0.15, -0.1) is 0 Å². The maximum absolute atomic E-state index is 11.8. The molecule has 4 N–H and O–H groups in total. The van der Waals surface area contributed by atoms with Crippen LogP contribution in [-0.4, -0.2) is 42.9 Å². The molecular formula is C12H24N2O3. The molecule has 1 aliphatic heterocycles. The van der Waals surface area contributed by atoms with Gasteiger partial charge in [0.25, 0.3) is 0 Å². The van der Waals surface area contributed by atoms with Crippen LogP contribution in [0.4, 0.5) is 0 Å². The molecule has 17 heavy (non-hydrogen) atoms. The van der Waals surface area contributed by atoms with E-state index in [2.05, 4.69) is 5.32 Å². The van der Waals surface area contributed by atoms with E-state index in [0.29, 0.717) is 19.5 Å². The lowest BCUT2D eigenvalue weighted by Crippen LogP contribution is -2.40. The molecule has 1 aliphatic rings. The van der Waals surface area contributed by atoms with Gasteiger partial charge >= 0.3 is 0 Å². The number of aliphatic hydroxyl groups is 1. The molecule has 2 atom stereocenters. The Labute approximate surface area is 103 Å². The van der Waals surface area contributed by atoms with E-state index in [1.54, 1.807) is 0 Å². The van der Waals surface area contributed by atoms with Crippen molar-refractivity contribution in [2.75, 3.05) is 19.7 Å². The fraction of sp³-hybridized carbons (Fsp3) is 0.917. The van der Waals surface area contributed by atoms with E-state index in [4.69, 9.17) is 15.6 Å². The van der Waals surface area contributed by atoms with E-state index in [-0.39, 0.29) is 30.1 Å². The maximum Gasteiger partial charge on any atom is 0.249 e. The summed E-state index contributed by atoms with van der Waals surface area (Å²) >= 11 is 0. The summed E-state index contributed by atoms with van der Waals surface area (Å²) in [7, 11) is 0. The molecule has 1 amide bonds. The molecule has 5 nitrogen and oxygen atoms in total. The predicted molar refractivity (Wildman–Crippen MR) is 65.4 cm³/mol. The van der Waals surface area contributed by atoms with Gasteiger partial charge in [-0.3, -0.25) is 4.79 Å². The van der Waals surface area contributed by atoms with Crippen molar-refractivity contribution in [3.63, 3.8) is 0 Å². The number of ether oxygens (including phenoxy) is 1. The lowest BCUT2D eigenvalue weighted by Gasteiger charge is -2.24. The van der Waals surface area contributed by atoms with Gasteiger partial charge in [0.1, 0.15) is 6.10 Å². The second-order valence-electron chi connectivity index (χ2n) is 5.42. The van der Waals surface area contributed by atoms with Crippen LogP contribution >= 0.6 is 0 Å². The number of hydrogen-bond donors (Lipinski definition) is 3. The molecule has 0 saturated carbocycles. The van der Waals surface area contributed by atoms with Crippen molar-refractivity contribution >= 4 is 5.91 Å². The molecule has 0 aromatic heterocycles. The van der Waals surface area contributed by atoms with Crippen molar-refractivity contribution in [3.8, 4) is 0 Å². The first-order valence-corrected chi connectivity index (χ1v) is 6.22. The summed E-state index contributed by atoms with van der Waals surface area (Å²) in [4.78, 5) is 11.8. The number of hydrogen-bond acceptors (Lipinski definition) is 4. The Kier molecular flexibility index (Phi) is 5.36. The largest absolute Gasteiger partial charge is 0.396 e. The standard InChI is InChI=1S/C12H24N2O3/c1-12(2,5-6-15)8-14-11(16)10-4-3-9(7-13)17-10/h9-10,15H,3-8,13H2,1-2H3,(H,14,16). The zero-order valence-corrected chi connectivity index (χ0v) is 10.7. The van der Waals surface area contributed by atoms with Crippen LogP contribution in [0.1, 0.15) is 33.1 Å². The molecule has 0 aliphatic carbocycles. The highest BCUT2D eigenvalue weighted by Crippen LogP contribution is 2.21. The number of aliphatic hydroxyl groups excluding tert-OH is 1. The first-order valence-electron chi connectivity index (χ1n) is 6.22. The van der Waals surface area contributed by atoms with Gasteiger partial charge in [-0.25, -0.2) is 0 Å². The first-order chi connectivity index (χ1) is 7.98. The summed E-state index contributed by atoms with van der Waals surface area (Å²) in [6.45, 7) is 5.20. The lowest BCUT2D eigenvalue weighted by atomic mass is 9.89. The molecular weight excluding hydrogens is 220 g/mol. The molecule has 1 rings (SSSR count). The van der Waals surface area contributed by atoms with Crippen molar-refractivity contribution in [2.24, 2.45) is 11.1 Å². The SMILES string of the molecule is CC(C)(CCO)CNC(=O)C1CCC(CN)O1. The highest BCUT2D eigenvalue weighted by atomic mass is 16.5. The highest BCUT2D eigenvalue weighted by molar-refractivity contribution is 5.81. The Balaban J connectivity index is 2.30. The van der Waals surface area contributed by atoms with Crippen LogP contribution in [0.5, 0.6) is 0 Å². The average molecular weight is 244 g/mol. The summed E-state index contributed by atoms with van der Waals surface area (Å²) in [5.74, 6) is -0.0630. The monoisotopic (exact) mass is 244 g/mol. The Morgan fingerprint density at radius 3 is 2.76 bits per heavy atom. The molecule has 1 heterocycles. The van der Waals surface area contributed by atoms with Crippen LogP contribution in [0.15, 0.2) is 0 Å². The molecule has 2 unspecified atom stereocenters. The van der Waals surface area contributed by atoms with E-state index in [1.807, 2.05) is 13.8 Å². The average Bonchev–Trinajstić information content (AvgIpc) is 2.74. The van der Waals surface area contributed by atoms with Crippen molar-refractivity contribution in [3.05, 3.63) is 0 Å². The minimum absolute atomic E-state index is 0.0243. The second-order valence-corrected chi connectivity index (χ2v) is 5.42. The molecule has 1 saturated heterocycles. The Morgan fingerprint density at radius 2 is 2.24 bits per heavy atom. The Bertz CT molecular complexity index is 256. The van der Waals surface area contributed by atoms with Crippen LogP contribution in [0.25, 0.3) is 0 Å². The van der Waals surface area contributed by atoms with E-state index in [0.717, 1.165) is 12.8 Å². The van der Waals surface area contributed by atoms with Gasteiger partial charge in [-0.2, -0.15) is 0 Å². The highest BCUT2D eigenvalue weighted by Gasteiger charge is 2.30. The van der Waals surface area contributed by atoms with E-state index in [1.165, 1.54) is 0 Å². The van der Waals surface area contributed by atoms with E-state index < -0.39 is 0 Å². The summed E-state index contributed by atoms with van der Waals surface area (Å²) < 4.78 is 5.51. The van der Waals surface area contributed by atoms with Crippen LogP contribution in [-0.2, 0) is 9.53 Å². The number of rotatable bonds is 6. The van der Waals surface area contributed by atoms with Crippen LogP contribution in [0.2, 0.25) is 0 Å². The lowest BCUT2D eigenvalue weighted by molar-refractivity contribution is -0.132. The molecule has 100 valence electrons. The fourth-order valence-corrected chi connectivity index (χ4v) is 1.90. The fourth-order valence-electron chi connectivity index (χ4n) is 1.90. The van der Waals surface area contributed by atoms with Gasteiger partial charge in [0.2, 0.25) is 5.91 Å². The number of nitrogens with one attached hydrogen (secondary N) is 1. The topological polar surface area (TPSA) is 84.6 Å². The third kappa shape index (κ3) is 4.61. The molecule has 5 heteroatoms. The second kappa shape index (κ2) is 6.33. The van der Waals surface area contributed by atoms with Crippen molar-refractivity contribution in [1.82, 2.24) is 5.32 Å². The number of carbonyl (C=O) groups is 1. The van der Waals surface area contributed by atoms with Crippen molar-refractivity contribution in [2.45, 2.75) is 45.3 Å². The van der Waals surface area contributed by atoms with Crippen molar-refractivity contribution < 1.29 is 14.6 Å². The van der Waals surface area contributed by atoms with Crippen LogP contribution in [0.3, 0.4) is 0 Å². The van der Waals surface area contributed by atoms with Crippen molar-refractivity contribution in [1.29, 1.82) is 0 Å². The summed E-state index contributed by atoms with van der Waals surface area (Å²) in [6, 6.07) is 0. The summed E-state index contributed by atoms with van der Waals surface area (Å²) in [5.41, 5.74) is 5.41. The van der Waals surface area contributed by atoms with Crippen LogP contribution < -0.4 is 11.1 Å². The molecule has 0 aromatic rings. The van der Waals surface area contributed by atoms with E-state index in [9.17, 15) is 4.79 Å². The van der Waals surface area contributed by atoms with Gasteiger partial charge < -0.3 is 20.9 Å². The Hall–Kier alpha value is -0.650. The summed E-state index contributed by atoms with van der Waals surface area (Å²) in [5, 5.41) is 11.8. The maximum atomic E-state index is 11.8. The Morgan fingerprint density at radius 1 is 1.53 bits per heavy atom. The van der Waals surface area contributed by atoms with Gasteiger partial charge in [0.05, 0.1) is 6.10 Å². The summed E-state index contributed by atoms with van der Waals surface area (Å²) in [6.07, 6.45) is 1.94. The normalized spacial score (nSPS) is 24.9. The molecule has 0 bridgehead atoms. The van der Waals surface area contributed by atoms with Gasteiger partial charge in [-0.05, 0) is 24.7 Å². The molecule has 0 spiro atoms. The van der Waals surface area contributed by atoms with Gasteiger partial charge in [0.15, 0.2) is 0 Å². The van der Waals surface area contributed by atoms with Crippen LogP contribution in [0, 0.1) is 5.41 Å². The third-order valence-corrected chi connectivity index (χ3v) is 3.19. The van der Waals surface area contributed by atoms with E-state index >= 15 is 0 Å².